The van der Waals surface area contributed by atoms with E-state index in [2.05, 4.69) is 32.9 Å². The van der Waals surface area contributed by atoms with Crippen molar-refractivity contribution in [2.24, 2.45) is 10.8 Å². The molecule has 5 rings (SSSR count). The van der Waals surface area contributed by atoms with Crippen LogP contribution in [0.15, 0.2) is 42.2 Å². The first-order valence-corrected chi connectivity index (χ1v) is 12.1. The van der Waals surface area contributed by atoms with Gasteiger partial charge in [0.05, 0.1) is 33.5 Å². The minimum absolute atomic E-state index is 0.0574. The van der Waals surface area contributed by atoms with Gasteiger partial charge in [-0.25, -0.2) is 0 Å². The minimum Gasteiger partial charge on any atom is -0.511 e. The topological polar surface area (TPSA) is 89.7 Å². The van der Waals surface area contributed by atoms with Crippen LogP contribution in [0.3, 0.4) is 0 Å². The fraction of sp³-hybridized carbons (Fsp3) is 0.464. The maximum atomic E-state index is 14.1. The Hall–Kier alpha value is -2.99. The van der Waals surface area contributed by atoms with Gasteiger partial charge in [0.2, 0.25) is 0 Å². The summed E-state index contributed by atoms with van der Waals surface area (Å²) in [6.07, 6.45) is 1.09. The number of rotatable bonds is 5. The Morgan fingerprint density at radius 3 is 2.32 bits per heavy atom. The van der Waals surface area contributed by atoms with Crippen molar-refractivity contribution in [3.8, 4) is 0 Å². The molecule has 6 heteroatoms. The number of hydrogen-bond acceptors (Lipinski definition) is 5. The number of carbonyl (C=O) groups excluding carboxylic acids is 1. The van der Waals surface area contributed by atoms with Gasteiger partial charge in [-0.1, -0.05) is 49.7 Å². The monoisotopic (exact) mass is 461 g/mol. The van der Waals surface area contributed by atoms with E-state index in [4.69, 9.17) is 4.74 Å². The average Bonchev–Trinajstić information content (AvgIpc) is 3.41. The molecule has 1 N–H and O–H groups in total. The number of ether oxygens (including phenoxy) is 1. The number of aliphatic hydroxyl groups excluding tert-OH is 1. The number of carbonyl (C=O) groups is 1. The highest BCUT2D eigenvalue weighted by Gasteiger charge is 2.76. The van der Waals surface area contributed by atoms with Crippen molar-refractivity contribution in [1.29, 1.82) is 0 Å². The van der Waals surface area contributed by atoms with Gasteiger partial charge in [-0.2, -0.15) is 0 Å². The first-order valence-electron chi connectivity index (χ1n) is 12.1. The summed E-state index contributed by atoms with van der Waals surface area (Å²) in [5, 5.41) is 23.6. The van der Waals surface area contributed by atoms with Gasteiger partial charge >= 0.3 is 0 Å². The lowest BCUT2D eigenvalue weighted by Gasteiger charge is -2.43. The molecule has 0 spiro atoms. The molecule has 2 aromatic rings. The fourth-order valence-electron chi connectivity index (χ4n) is 6.92. The first-order chi connectivity index (χ1) is 16.1. The molecule has 3 aliphatic rings. The smallest absolute Gasteiger partial charge is 0.272 e. The lowest BCUT2D eigenvalue weighted by Crippen LogP contribution is -2.50. The summed E-state index contributed by atoms with van der Waals surface area (Å²) in [6, 6.07) is 10.9. The highest BCUT2D eigenvalue weighted by molar-refractivity contribution is 6.28. The Labute approximate surface area is 199 Å². The summed E-state index contributed by atoms with van der Waals surface area (Å²) in [5.74, 6) is -0.272. The van der Waals surface area contributed by atoms with Gasteiger partial charge in [0, 0.05) is 17.5 Å². The third-order valence-corrected chi connectivity index (χ3v) is 8.85. The normalized spacial score (nSPS) is 31.9. The molecule has 34 heavy (non-hydrogen) atoms. The molecule has 0 radical (unpaired) electrons. The molecule has 0 saturated carbocycles. The molecule has 178 valence electrons. The summed E-state index contributed by atoms with van der Waals surface area (Å²) >= 11 is 0. The van der Waals surface area contributed by atoms with Crippen molar-refractivity contribution in [2.45, 2.75) is 72.0 Å². The molecule has 2 aromatic carbocycles. The lowest BCUT2D eigenvalue weighted by atomic mass is 9.55. The van der Waals surface area contributed by atoms with Gasteiger partial charge in [0.15, 0.2) is 5.78 Å². The van der Waals surface area contributed by atoms with Crippen LogP contribution in [-0.2, 0) is 22.4 Å². The number of fused-ring (bicyclic) bond motifs is 5. The number of Topliss-reactive ketones (excluding diaryl/α,β-unsaturated/α-hetero) is 1. The van der Waals surface area contributed by atoms with Gasteiger partial charge in [-0.15, -0.1) is 0 Å². The zero-order valence-corrected chi connectivity index (χ0v) is 20.3. The van der Waals surface area contributed by atoms with Crippen molar-refractivity contribution < 1.29 is 19.6 Å². The number of nitro benzene ring substituents is 1. The molecule has 2 aliphatic heterocycles. The summed E-state index contributed by atoms with van der Waals surface area (Å²) in [4.78, 5) is 25.5. The van der Waals surface area contributed by atoms with Gasteiger partial charge < -0.3 is 9.84 Å². The van der Waals surface area contributed by atoms with E-state index >= 15 is 0 Å². The first kappa shape index (κ1) is 22.8. The van der Waals surface area contributed by atoms with E-state index in [-0.39, 0.29) is 28.1 Å². The Balaban J connectivity index is 1.70. The second-order valence-electron chi connectivity index (χ2n) is 10.3. The van der Waals surface area contributed by atoms with Crippen LogP contribution in [0.4, 0.5) is 5.69 Å². The van der Waals surface area contributed by atoms with Crippen molar-refractivity contribution in [1.82, 2.24) is 0 Å². The second-order valence-corrected chi connectivity index (χ2v) is 10.3. The Morgan fingerprint density at radius 2 is 1.74 bits per heavy atom. The number of nitrogens with zero attached hydrogens (tertiary/aromatic N) is 1. The molecular weight excluding hydrogens is 430 g/mol. The predicted octanol–water partition coefficient (Wildman–Crippen LogP) is 5.85. The molecule has 2 saturated heterocycles. The molecule has 2 unspecified atom stereocenters. The van der Waals surface area contributed by atoms with E-state index in [1.165, 1.54) is 6.07 Å². The van der Waals surface area contributed by atoms with Crippen LogP contribution in [0.2, 0.25) is 0 Å². The van der Waals surface area contributed by atoms with E-state index in [0.717, 1.165) is 35.1 Å². The summed E-state index contributed by atoms with van der Waals surface area (Å²) in [6.45, 7) is 10.00. The van der Waals surface area contributed by atoms with E-state index < -0.39 is 23.0 Å². The molecule has 0 amide bonds. The maximum absolute atomic E-state index is 14.1. The highest BCUT2D eigenvalue weighted by atomic mass is 16.6. The number of para-hydroxylation sites is 1. The summed E-state index contributed by atoms with van der Waals surface area (Å²) < 4.78 is 6.37. The van der Waals surface area contributed by atoms with E-state index in [9.17, 15) is 20.0 Å². The van der Waals surface area contributed by atoms with Crippen LogP contribution in [0.1, 0.15) is 67.9 Å². The van der Waals surface area contributed by atoms with Crippen molar-refractivity contribution >= 4 is 17.0 Å². The largest absolute Gasteiger partial charge is 0.511 e. The Morgan fingerprint density at radius 1 is 1.12 bits per heavy atom. The fourth-order valence-corrected chi connectivity index (χ4v) is 6.92. The molecular formula is C28H31NO5. The van der Waals surface area contributed by atoms with Crippen molar-refractivity contribution in [3.05, 3.63) is 80.1 Å². The van der Waals surface area contributed by atoms with Crippen LogP contribution in [0.25, 0.3) is 5.57 Å². The quantitative estimate of drug-likeness (QED) is 0.446. The average molecular weight is 462 g/mol. The van der Waals surface area contributed by atoms with Gasteiger partial charge in [0.25, 0.3) is 5.69 Å². The van der Waals surface area contributed by atoms with Gasteiger partial charge in [-0.3, -0.25) is 14.9 Å². The summed E-state index contributed by atoms with van der Waals surface area (Å²) in [7, 11) is 0. The number of aryl methyl sites for hydroxylation is 3. The Kier molecular flexibility index (Phi) is 5.03. The molecule has 2 heterocycles. The van der Waals surface area contributed by atoms with Crippen LogP contribution in [0, 0.1) is 27.9 Å². The van der Waals surface area contributed by atoms with E-state index in [1.54, 1.807) is 18.2 Å². The van der Waals surface area contributed by atoms with Crippen molar-refractivity contribution in [2.75, 3.05) is 0 Å². The number of benzene rings is 2. The zero-order chi connectivity index (χ0) is 24.6. The molecule has 2 fully saturated rings. The third-order valence-electron chi connectivity index (χ3n) is 8.85. The molecule has 1 aliphatic carbocycles. The molecule has 0 aromatic heterocycles. The highest BCUT2D eigenvalue weighted by Crippen LogP contribution is 2.71. The molecule has 5 atom stereocenters. The lowest BCUT2D eigenvalue weighted by molar-refractivity contribution is -0.385. The number of hydrogen-bond donors (Lipinski definition) is 1. The zero-order valence-electron chi connectivity index (χ0n) is 20.3. The maximum Gasteiger partial charge on any atom is 0.272 e. The van der Waals surface area contributed by atoms with Crippen molar-refractivity contribution in [3.63, 3.8) is 0 Å². The molecule has 6 nitrogen and oxygen atoms in total. The predicted molar refractivity (Wildman–Crippen MR) is 130 cm³/mol. The standard InChI is InChI=1S/C28H31NO5/c1-6-16-12-15(3)13-17(7-2)22(16)23-24(30)27(4)21-14-19(26(34-21)28(27,5)25(23)31)18-10-8-9-11-20(18)29(32)33/h8-13,19,21,26,31H,6-7,14H2,1-5H3/t19?,21-,26?,27+,28+/m0/s1. The number of allylic oxidation sites excluding steroid dienone is 1. The summed E-state index contributed by atoms with van der Waals surface area (Å²) in [5.41, 5.74) is 3.32. The Bertz CT molecular complexity index is 1240. The van der Waals surface area contributed by atoms with E-state index in [0.29, 0.717) is 17.6 Å². The van der Waals surface area contributed by atoms with Crippen LogP contribution in [-0.4, -0.2) is 28.0 Å². The van der Waals surface area contributed by atoms with Gasteiger partial charge in [-0.05, 0) is 56.7 Å². The number of nitro groups is 1. The molecule has 2 bridgehead atoms. The van der Waals surface area contributed by atoms with Gasteiger partial charge in [0.1, 0.15) is 5.76 Å². The minimum atomic E-state index is -0.961. The van der Waals surface area contributed by atoms with Crippen LogP contribution < -0.4 is 0 Å². The van der Waals surface area contributed by atoms with Crippen LogP contribution in [0.5, 0.6) is 0 Å². The third kappa shape index (κ3) is 2.63. The second kappa shape index (κ2) is 7.51. The van der Waals surface area contributed by atoms with Crippen LogP contribution >= 0.6 is 0 Å². The van der Waals surface area contributed by atoms with E-state index in [1.807, 2.05) is 13.8 Å². The number of ketones is 1. The SMILES string of the molecule is CCc1cc(C)cc(CC)c1C1=C(O)[C@]2(C)C3O[C@@H](CC3c3ccccc3[N+](=O)[O-])[C@]2(C)C1=O. The number of aliphatic hydroxyl groups is 1.